The smallest absolute Gasteiger partial charge is 0.141 e. The van der Waals surface area contributed by atoms with Gasteiger partial charge in [-0.15, -0.1) is 0 Å². The van der Waals surface area contributed by atoms with Crippen molar-refractivity contribution < 1.29 is 9.84 Å². The summed E-state index contributed by atoms with van der Waals surface area (Å²) in [7, 11) is 0. The number of halogens is 3. The summed E-state index contributed by atoms with van der Waals surface area (Å²) < 4.78 is 6.47. The van der Waals surface area contributed by atoms with Crippen molar-refractivity contribution in [3.8, 4) is 11.5 Å². The van der Waals surface area contributed by atoms with Gasteiger partial charge in [-0.25, -0.2) is 0 Å². The SMILES string of the molecule is CC(O)c1ccc(Oc2ccc(Cl)cc2Br)cc1Cl. The van der Waals surface area contributed by atoms with Crippen molar-refractivity contribution in [2.24, 2.45) is 0 Å². The van der Waals surface area contributed by atoms with Gasteiger partial charge in [0.1, 0.15) is 11.5 Å². The van der Waals surface area contributed by atoms with Gasteiger partial charge in [-0.05, 0) is 58.7 Å². The Kier molecular flexibility index (Phi) is 4.74. The summed E-state index contributed by atoms with van der Waals surface area (Å²) in [6.07, 6.45) is -0.608. The first kappa shape index (κ1) is 14.7. The van der Waals surface area contributed by atoms with E-state index in [2.05, 4.69) is 15.9 Å². The third-order valence-electron chi connectivity index (χ3n) is 2.54. The molecule has 0 aromatic heterocycles. The summed E-state index contributed by atoms with van der Waals surface area (Å²) in [5.41, 5.74) is 0.671. The summed E-state index contributed by atoms with van der Waals surface area (Å²) in [5, 5.41) is 10.6. The van der Waals surface area contributed by atoms with E-state index in [1.807, 2.05) is 0 Å². The Morgan fingerprint density at radius 1 is 1.16 bits per heavy atom. The zero-order valence-electron chi connectivity index (χ0n) is 10.0. The zero-order valence-corrected chi connectivity index (χ0v) is 13.1. The van der Waals surface area contributed by atoms with Crippen molar-refractivity contribution >= 4 is 39.1 Å². The van der Waals surface area contributed by atoms with Crippen LogP contribution in [0.25, 0.3) is 0 Å². The minimum absolute atomic E-state index is 0.470. The molecule has 19 heavy (non-hydrogen) atoms. The molecule has 0 saturated heterocycles. The number of ether oxygens (including phenoxy) is 1. The molecule has 5 heteroatoms. The molecule has 1 N–H and O–H groups in total. The molecule has 0 spiro atoms. The van der Waals surface area contributed by atoms with Crippen LogP contribution in [0.5, 0.6) is 11.5 Å². The monoisotopic (exact) mass is 360 g/mol. The highest BCUT2D eigenvalue weighted by atomic mass is 79.9. The number of rotatable bonds is 3. The van der Waals surface area contributed by atoms with Gasteiger partial charge in [-0.3, -0.25) is 0 Å². The average molecular weight is 362 g/mol. The van der Waals surface area contributed by atoms with E-state index in [-0.39, 0.29) is 0 Å². The van der Waals surface area contributed by atoms with E-state index in [0.717, 1.165) is 4.47 Å². The molecule has 0 saturated carbocycles. The van der Waals surface area contributed by atoms with Gasteiger partial charge < -0.3 is 9.84 Å². The fourth-order valence-electron chi connectivity index (χ4n) is 1.60. The van der Waals surface area contributed by atoms with Gasteiger partial charge in [0.25, 0.3) is 0 Å². The average Bonchev–Trinajstić information content (AvgIpc) is 2.32. The minimum Gasteiger partial charge on any atom is -0.456 e. The minimum atomic E-state index is -0.608. The van der Waals surface area contributed by atoms with Crippen LogP contribution in [-0.2, 0) is 0 Å². The highest BCUT2D eigenvalue weighted by Crippen LogP contribution is 2.34. The molecular formula is C14H11BrCl2O2. The van der Waals surface area contributed by atoms with Crippen molar-refractivity contribution in [2.45, 2.75) is 13.0 Å². The van der Waals surface area contributed by atoms with Crippen LogP contribution in [0.1, 0.15) is 18.6 Å². The van der Waals surface area contributed by atoms with E-state index in [4.69, 9.17) is 27.9 Å². The number of benzene rings is 2. The molecule has 100 valence electrons. The maximum Gasteiger partial charge on any atom is 0.141 e. The van der Waals surface area contributed by atoms with E-state index < -0.39 is 6.10 Å². The van der Waals surface area contributed by atoms with Crippen LogP contribution in [0, 0.1) is 0 Å². The van der Waals surface area contributed by atoms with Crippen LogP contribution < -0.4 is 4.74 Å². The van der Waals surface area contributed by atoms with Crippen molar-refractivity contribution in [1.82, 2.24) is 0 Å². The summed E-state index contributed by atoms with van der Waals surface area (Å²) in [6, 6.07) is 10.4. The van der Waals surface area contributed by atoms with Crippen molar-refractivity contribution in [3.63, 3.8) is 0 Å². The molecule has 0 fully saturated rings. The lowest BCUT2D eigenvalue weighted by Crippen LogP contribution is -1.93. The molecule has 0 aliphatic carbocycles. The second kappa shape index (κ2) is 6.14. The van der Waals surface area contributed by atoms with E-state index in [1.165, 1.54) is 0 Å². The van der Waals surface area contributed by atoms with Gasteiger partial charge in [0.05, 0.1) is 15.6 Å². The quantitative estimate of drug-likeness (QED) is 0.770. The molecule has 2 nitrogen and oxygen atoms in total. The van der Waals surface area contributed by atoms with E-state index in [0.29, 0.717) is 27.1 Å². The van der Waals surface area contributed by atoms with Crippen molar-refractivity contribution in [3.05, 3.63) is 56.5 Å². The maximum atomic E-state index is 9.51. The van der Waals surface area contributed by atoms with Gasteiger partial charge >= 0.3 is 0 Å². The lowest BCUT2D eigenvalue weighted by Gasteiger charge is -2.11. The summed E-state index contributed by atoms with van der Waals surface area (Å²) in [5.74, 6) is 1.24. The molecule has 0 aliphatic rings. The number of hydrogen-bond donors (Lipinski definition) is 1. The van der Waals surface area contributed by atoms with Crippen LogP contribution in [0.3, 0.4) is 0 Å². The van der Waals surface area contributed by atoms with E-state index in [1.54, 1.807) is 43.3 Å². The fourth-order valence-corrected chi connectivity index (χ4v) is 2.69. The molecule has 0 amide bonds. The van der Waals surface area contributed by atoms with Gasteiger partial charge in [-0.2, -0.15) is 0 Å². The highest BCUT2D eigenvalue weighted by Gasteiger charge is 2.09. The third-order valence-corrected chi connectivity index (χ3v) is 3.73. The Hall–Kier alpha value is -0.740. The lowest BCUT2D eigenvalue weighted by atomic mass is 10.1. The Labute approximate surface area is 130 Å². The van der Waals surface area contributed by atoms with E-state index in [9.17, 15) is 5.11 Å². The molecule has 0 aliphatic heterocycles. The predicted octanol–water partition coefficient (Wildman–Crippen LogP) is 5.60. The summed E-state index contributed by atoms with van der Waals surface area (Å²) in [4.78, 5) is 0. The Morgan fingerprint density at radius 2 is 1.89 bits per heavy atom. The first-order valence-corrected chi connectivity index (χ1v) is 7.12. The molecule has 0 heterocycles. The third kappa shape index (κ3) is 3.63. The molecule has 1 unspecified atom stereocenters. The van der Waals surface area contributed by atoms with Crippen LogP contribution in [0.15, 0.2) is 40.9 Å². The first-order valence-electron chi connectivity index (χ1n) is 5.58. The molecule has 1 atom stereocenters. The number of hydrogen-bond acceptors (Lipinski definition) is 2. The topological polar surface area (TPSA) is 29.5 Å². The normalized spacial score (nSPS) is 12.3. The Balaban J connectivity index is 2.26. The standard InChI is InChI=1S/C14H11BrCl2O2/c1-8(18)11-4-3-10(7-13(11)17)19-14-5-2-9(16)6-12(14)15/h2-8,18H,1H3. The van der Waals surface area contributed by atoms with Gasteiger partial charge in [0, 0.05) is 5.02 Å². The molecule has 2 rings (SSSR count). The molecule has 2 aromatic rings. The fraction of sp³-hybridized carbons (Fsp3) is 0.143. The molecule has 0 radical (unpaired) electrons. The molecular weight excluding hydrogens is 351 g/mol. The molecule has 0 bridgehead atoms. The number of aliphatic hydroxyl groups excluding tert-OH is 1. The van der Waals surface area contributed by atoms with Gasteiger partial charge in [-0.1, -0.05) is 29.3 Å². The van der Waals surface area contributed by atoms with Crippen LogP contribution in [-0.4, -0.2) is 5.11 Å². The van der Waals surface area contributed by atoms with Gasteiger partial charge in [0.2, 0.25) is 0 Å². The van der Waals surface area contributed by atoms with Crippen molar-refractivity contribution in [1.29, 1.82) is 0 Å². The number of aliphatic hydroxyl groups is 1. The maximum absolute atomic E-state index is 9.51. The molecule has 2 aromatic carbocycles. The van der Waals surface area contributed by atoms with E-state index >= 15 is 0 Å². The Morgan fingerprint density at radius 3 is 2.47 bits per heavy atom. The van der Waals surface area contributed by atoms with Crippen molar-refractivity contribution in [2.75, 3.05) is 0 Å². The lowest BCUT2D eigenvalue weighted by molar-refractivity contribution is 0.199. The summed E-state index contributed by atoms with van der Waals surface area (Å²) >= 11 is 15.3. The van der Waals surface area contributed by atoms with Crippen LogP contribution in [0.4, 0.5) is 0 Å². The van der Waals surface area contributed by atoms with Crippen LogP contribution in [0.2, 0.25) is 10.0 Å². The largest absolute Gasteiger partial charge is 0.456 e. The Bertz CT molecular complexity index is 600. The van der Waals surface area contributed by atoms with Gasteiger partial charge in [0.15, 0.2) is 0 Å². The predicted molar refractivity (Wildman–Crippen MR) is 81.3 cm³/mol. The zero-order chi connectivity index (χ0) is 14.0. The summed E-state index contributed by atoms with van der Waals surface area (Å²) in [6.45, 7) is 1.66. The second-order valence-corrected chi connectivity index (χ2v) is 5.73. The first-order chi connectivity index (χ1) is 8.97. The second-order valence-electron chi connectivity index (χ2n) is 4.04. The van der Waals surface area contributed by atoms with Crippen LogP contribution >= 0.6 is 39.1 Å². The highest BCUT2D eigenvalue weighted by molar-refractivity contribution is 9.10.